The van der Waals surface area contributed by atoms with E-state index in [4.69, 9.17) is 28.8 Å². The number of carbonyl (C=O) groups excluding carboxylic acids is 5. The van der Waals surface area contributed by atoms with Crippen LogP contribution in [0.1, 0.15) is 439 Å². The Balaban J connectivity index is 0. The van der Waals surface area contributed by atoms with Crippen molar-refractivity contribution in [3.05, 3.63) is 48.6 Å². The summed E-state index contributed by atoms with van der Waals surface area (Å²) in [5, 5.41) is 18.8. The van der Waals surface area contributed by atoms with Crippen molar-refractivity contribution in [3.8, 4) is 0 Å². The first-order valence-corrected chi connectivity index (χ1v) is 42.8. The summed E-state index contributed by atoms with van der Waals surface area (Å²) in [6.07, 6.45) is 86.2. The van der Waals surface area contributed by atoms with Gasteiger partial charge in [0.25, 0.3) is 0 Å². The highest BCUT2D eigenvalue weighted by Crippen LogP contribution is 2.18. The van der Waals surface area contributed by atoms with Gasteiger partial charge in [-0.3, -0.25) is 28.8 Å². The Morgan fingerprint density at radius 1 is 0.238 bits per heavy atom. The minimum Gasteiger partial charge on any atom is -0.481 e. The summed E-state index contributed by atoms with van der Waals surface area (Å²) in [6, 6.07) is 0. The molecule has 0 amide bonds. The maximum atomic E-state index is 12.6. The van der Waals surface area contributed by atoms with E-state index in [9.17, 15) is 33.9 Å². The minimum atomic E-state index is -0.967. The van der Waals surface area contributed by atoms with Crippen LogP contribution in [0.2, 0.25) is 0 Å². The molecule has 0 fully saturated rings. The van der Waals surface area contributed by atoms with E-state index in [1.807, 2.05) is 0 Å². The molecule has 0 radical (unpaired) electrons. The summed E-state index contributed by atoms with van der Waals surface area (Å²) in [4.78, 5) is 72.2. The lowest BCUT2D eigenvalue weighted by Crippen LogP contribution is -2.30. The van der Waals surface area contributed by atoms with E-state index in [-0.39, 0.29) is 63.1 Å². The van der Waals surface area contributed by atoms with Crippen LogP contribution in [0.15, 0.2) is 48.6 Å². The van der Waals surface area contributed by atoms with E-state index >= 15 is 0 Å². The van der Waals surface area contributed by atoms with Crippen LogP contribution in [0.3, 0.4) is 0 Å². The van der Waals surface area contributed by atoms with E-state index < -0.39 is 24.1 Å². The lowest BCUT2D eigenvalue weighted by molar-refractivity contribution is -0.167. The molecule has 101 heavy (non-hydrogen) atoms. The molecule has 590 valence electrons. The molecule has 13 nitrogen and oxygen atoms in total. The van der Waals surface area contributed by atoms with E-state index in [0.29, 0.717) is 38.5 Å². The van der Waals surface area contributed by atoms with Gasteiger partial charge in [-0.25, -0.2) is 0 Å². The first kappa shape index (κ1) is 98.8. The number of rotatable bonds is 78. The van der Waals surface area contributed by atoms with Crippen molar-refractivity contribution in [3.63, 3.8) is 0 Å². The monoisotopic (exact) mass is 1430 g/mol. The molecule has 0 saturated heterocycles. The number of unbranched alkanes of at least 4 members (excludes halogenated alkanes) is 49. The van der Waals surface area contributed by atoms with Gasteiger partial charge in [-0.2, -0.15) is 0 Å². The summed E-state index contributed by atoms with van der Waals surface area (Å²) < 4.78 is 26.9. The molecule has 0 saturated carbocycles. The predicted molar refractivity (Wildman–Crippen MR) is 422 cm³/mol. The number of hydrogen-bond acceptors (Lipinski definition) is 12. The normalized spacial score (nSPS) is 11.6. The number of aliphatic carboxylic acids is 1. The lowest BCUT2D eigenvalue weighted by atomic mass is 10.1. The average Bonchev–Trinajstić information content (AvgIpc) is 2.91. The minimum absolute atomic E-state index is 0.120. The molecule has 13 heteroatoms. The van der Waals surface area contributed by atoms with Gasteiger partial charge in [0.15, 0.2) is 6.10 Å². The number of carbonyl (C=O) groups is 6. The molecule has 0 aromatic carbocycles. The summed E-state index contributed by atoms with van der Waals surface area (Å²) in [5.74, 6) is -2.39. The van der Waals surface area contributed by atoms with Crippen LogP contribution in [0, 0.1) is 0 Å². The first-order chi connectivity index (χ1) is 49.5. The molecule has 0 aromatic heterocycles. The fraction of sp³-hybridized carbons (Fsp3) is 0.841. The van der Waals surface area contributed by atoms with Gasteiger partial charge in [0.2, 0.25) is 0 Å². The van der Waals surface area contributed by atoms with E-state index in [2.05, 4.69) is 76.3 Å². The van der Waals surface area contributed by atoms with Crippen molar-refractivity contribution in [2.75, 3.05) is 26.4 Å². The smallest absolute Gasteiger partial charge is 0.306 e. The zero-order valence-corrected chi connectivity index (χ0v) is 66.2. The third kappa shape index (κ3) is 86.3. The number of esters is 5. The largest absolute Gasteiger partial charge is 0.481 e. The van der Waals surface area contributed by atoms with Crippen LogP contribution in [0.4, 0.5) is 0 Å². The second-order valence-corrected chi connectivity index (χ2v) is 28.8. The van der Waals surface area contributed by atoms with Crippen molar-refractivity contribution in [2.45, 2.75) is 451 Å². The van der Waals surface area contributed by atoms with Gasteiger partial charge in [0.1, 0.15) is 32.5 Å². The van der Waals surface area contributed by atoms with Crippen molar-refractivity contribution >= 4 is 35.8 Å². The molecule has 0 aliphatic rings. The molecule has 0 atom stereocenters. The molecule has 0 rings (SSSR count). The van der Waals surface area contributed by atoms with Crippen LogP contribution >= 0.6 is 0 Å². The highest BCUT2D eigenvalue weighted by atomic mass is 16.6. The van der Waals surface area contributed by atoms with Crippen LogP contribution in [-0.2, 0) is 52.5 Å². The topological polar surface area (TPSA) is 189 Å². The highest BCUT2D eigenvalue weighted by molar-refractivity contribution is 5.71. The quantitative estimate of drug-likeness (QED) is 0.0253. The number of aliphatic hydroxyl groups excluding tert-OH is 1. The Morgan fingerprint density at radius 3 is 0.634 bits per heavy atom. The number of carboxylic acid groups (broad SMARTS) is 1. The average molecular weight is 1430 g/mol. The van der Waals surface area contributed by atoms with Crippen LogP contribution in [-0.4, -0.2) is 84.7 Å². The molecule has 2 N–H and O–H groups in total. The Labute approximate surface area is 621 Å². The number of aliphatic hydroxyl groups is 1. The molecule has 0 aromatic rings. The van der Waals surface area contributed by atoms with Crippen molar-refractivity contribution in [1.82, 2.24) is 0 Å². The Morgan fingerprint density at radius 2 is 0.416 bits per heavy atom. The van der Waals surface area contributed by atoms with E-state index in [1.54, 1.807) is 0 Å². The summed E-state index contributed by atoms with van der Waals surface area (Å²) in [6.45, 7) is 8.53. The first-order valence-electron chi connectivity index (χ1n) is 42.8. The van der Waals surface area contributed by atoms with Gasteiger partial charge in [-0.05, 0) is 141 Å². The summed E-state index contributed by atoms with van der Waals surface area (Å²) >= 11 is 0. The van der Waals surface area contributed by atoms with Crippen LogP contribution in [0.5, 0.6) is 0 Å². The van der Waals surface area contributed by atoms with Gasteiger partial charge in [-0.15, -0.1) is 0 Å². The molecular formula is C88H160O13. The van der Waals surface area contributed by atoms with Crippen molar-refractivity contribution in [1.29, 1.82) is 0 Å². The Kier molecular flexibility index (Phi) is 82.8. The Bertz CT molecular complexity index is 1810. The highest BCUT2D eigenvalue weighted by Gasteiger charge is 2.20. The zero-order chi connectivity index (χ0) is 73.9. The molecule has 0 spiro atoms. The second kappa shape index (κ2) is 84.7. The summed E-state index contributed by atoms with van der Waals surface area (Å²) in [7, 11) is 0. The predicted octanol–water partition coefficient (Wildman–Crippen LogP) is 25.8. The molecule has 0 aliphatic carbocycles. The van der Waals surface area contributed by atoms with Gasteiger partial charge in [-0.1, -0.05) is 307 Å². The number of ether oxygens (including phenoxy) is 5. The van der Waals surface area contributed by atoms with Gasteiger partial charge in [0.05, 0.1) is 0 Å². The number of allylic oxidation sites excluding steroid dienone is 8. The molecule has 0 aliphatic heterocycles. The third-order valence-corrected chi connectivity index (χ3v) is 18.6. The molecule has 0 unspecified atom stereocenters. The standard InChI is InChI=1S/C49H88O8.C39H72O5/c1-3-5-7-9-11-13-15-17-19-21-23-25-27-32-36-40-47(52)55-43-45(57-49(54)42-38-34-30-29-31-35-39-46(50)51)44-56-48(53)41-37-33-28-26-24-22-20-18-16-14-12-10-8-6-4-2;1-3-5-7-9-11-13-15-17-19-21-23-25-27-29-31-33-38(41)43-35-37(40)36-44-39(42)34-32-30-28-26-24-22-20-18-16-14-12-10-8-6-4-2/h17-20,45H,3-16,21-44H2,1-2H3,(H,50,51);17-20,37,40H,3-16,21-36H2,1-2H3/b2*19-17-,20-18-. The maximum absolute atomic E-state index is 12.6. The fourth-order valence-corrected chi connectivity index (χ4v) is 12.1. The lowest BCUT2D eigenvalue weighted by Gasteiger charge is -2.18. The van der Waals surface area contributed by atoms with Crippen molar-refractivity contribution in [2.24, 2.45) is 0 Å². The summed E-state index contributed by atoms with van der Waals surface area (Å²) in [5.41, 5.74) is 0. The van der Waals surface area contributed by atoms with Gasteiger partial charge >= 0.3 is 35.8 Å². The van der Waals surface area contributed by atoms with Crippen molar-refractivity contribution < 1.29 is 62.7 Å². The Hall–Kier alpha value is -4.26. The van der Waals surface area contributed by atoms with Gasteiger partial charge in [0, 0.05) is 38.5 Å². The zero-order valence-electron chi connectivity index (χ0n) is 66.2. The fourth-order valence-electron chi connectivity index (χ4n) is 12.1. The molecule has 0 bridgehead atoms. The third-order valence-electron chi connectivity index (χ3n) is 18.6. The molecular weight excluding hydrogens is 1260 g/mol. The van der Waals surface area contributed by atoms with Crippen LogP contribution in [0.25, 0.3) is 0 Å². The SMILES string of the molecule is CCCCCCCC/C=C\CCCCCCCC(=O)OCC(COC(=O)CCCCCCC/C=C\CCCCCCCC)OC(=O)CCCCCCCCC(=O)O.CCCCCCCC/C=C\CCCCCCCC(=O)OCC(O)COC(=O)CCCCCCC/C=C\CCCCCCCC. The van der Waals surface area contributed by atoms with E-state index in [1.165, 1.54) is 218 Å². The second-order valence-electron chi connectivity index (χ2n) is 28.8. The number of carboxylic acids is 1. The van der Waals surface area contributed by atoms with E-state index in [0.717, 1.165) is 141 Å². The van der Waals surface area contributed by atoms with Gasteiger partial charge < -0.3 is 33.9 Å². The maximum Gasteiger partial charge on any atom is 0.306 e. The molecule has 0 heterocycles. The number of hydrogen-bond donors (Lipinski definition) is 2. The van der Waals surface area contributed by atoms with Crippen LogP contribution < -0.4 is 0 Å².